The van der Waals surface area contributed by atoms with Gasteiger partial charge in [0.15, 0.2) is 0 Å². The van der Waals surface area contributed by atoms with E-state index in [1.165, 1.54) is 33.2 Å². The Labute approximate surface area is 121 Å². The van der Waals surface area contributed by atoms with Gasteiger partial charge in [0.2, 0.25) is 0 Å². The molecule has 0 unspecified atom stereocenters. The standard InChI is InChI=1S/C17H17N.C2H6/c1-3-13-4-6-14(7-5-13)15-8-9-17-16(10-15)12(2)11-18-17;1-2/h4-11,18H,3H2,1-2H3;1-2H3. The molecule has 0 saturated heterocycles. The molecule has 0 radical (unpaired) electrons. The van der Waals surface area contributed by atoms with Crippen LogP contribution in [0.5, 0.6) is 0 Å². The summed E-state index contributed by atoms with van der Waals surface area (Å²) in [5.74, 6) is 0. The van der Waals surface area contributed by atoms with Crippen LogP contribution < -0.4 is 0 Å². The van der Waals surface area contributed by atoms with Crippen molar-refractivity contribution in [3.8, 4) is 11.1 Å². The normalized spacial score (nSPS) is 10.2. The van der Waals surface area contributed by atoms with Crippen molar-refractivity contribution in [2.24, 2.45) is 0 Å². The van der Waals surface area contributed by atoms with Crippen LogP contribution in [0.3, 0.4) is 0 Å². The van der Waals surface area contributed by atoms with Gasteiger partial charge in [-0.25, -0.2) is 0 Å². The van der Waals surface area contributed by atoms with Crippen molar-refractivity contribution in [1.82, 2.24) is 4.98 Å². The largest absolute Gasteiger partial charge is 0.361 e. The van der Waals surface area contributed by atoms with E-state index in [4.69, 9.17) is 0 Å². The summed E-state index contributed by atoms with van der Waals surface area (Å²) in [6.07, 6.45) is 3.16. The third kappa shape index (κ3) is 2.77. The molecule has 3 aromatic rings. The average Bonchev–Trinajstić information content (AvgIpc) is 2.90. The molecule has 1 heterocycles. The van der Waals surface area contributed by atoms with E-state index in [1.807, 2.05) is 13.8 Å². The quantitative estimate of drug-likeness (QED) is 0.609. The highest BCUT2D eigenvalue weighted by Crippen LogP contribution is 2.26. The number of hydrogen-bond donors (Lipinski definition) is 1. The maximum absolute atomic E-state index is 3.28. The topological polar surface area (TPSA) is 15.8 Å². The van der Waals surface area contributed by atoms with Crippen LogP contribution >= 0.6 is 0 Å². The molecule has 1 nitrogen and oxygen atoms in total. The summed E-state index contributed by atoms with van der Waals surface area (Å²) in [6, 6.07) is 15.4. The minimum Gasteiger partial charge on any atom is -0.361 e. The van der Waals surface area contributed by atoms with Crippen molar-refractivity contribution >= 4 is 10.9 Å². The van der Waals surface area contributed by atoms with Crippen LogP contribution in [-0.4, -0.2) is 4.98 Å². The van der Waals surface area contributed by atoms with Crippen LogP contribution in [0.4, 0.5) is 0 Å². The smallest absolute Gasteiger partial charge is 0.0457 e. The third-order valence-electron chi connectivity index (χ3n) is 3.58. The van der Waals surface area contributed by atoms with E-state index >= 15 is 0 Å². The van der Waals surface area contributed by atoms with Crippen molar-refractivity contribution in [2.75, 3.05) is 0 Å². The van der Waals surface area contributed by atoms with Gasteiger partial charge in [0, 0.05) is 17.1 Å². The molecule has 2 aromatic carbocycles. The zero-order valence-corrected chi connectivity index (χ0v) is 12.8. The lowest BCUT2D eigenvalue weighted by Crippen LogP contribution is -1.82. The van der Waals surface area contributed by atoms with E-state index in [1.54, 1.807) is 0 Å². The number of H-pyrrole nitrogens is 1. The van der Waals surface area contributed by atoms with Crippen molar-refractivity contribution in [3.63, 3.8) is 0 Å². The molecule has 0 aliphatic rings. The van der Waals surface area contributed by atoms with Gasteiger partial charge in [-0.2, -0.15) is 0 Å². The Hall–Kier alpha value is -2.02. The highest BCUT2D eigenvalue weighted by molar-refractivity contribution is 5.87. The summed E-state index contributed by atoms with van der Waals surface area (Å²) in [4.78, 5) is 3.28. The van der Waals surface area contributed by atoms with Crippen LogP contribution in [0.1, 0.15) is 31.9 Å². The predicted molar refractivity (Wildman–Crippen MR) is 89.2 cm³/mol. The fourth-order valence-corrected chi connectivity index (χ4v) is 2.37. The number of aryl methyl sites for hydroxylation is 2. The monoisotopic (exact) mass is 265 g/mol. The van der Waals surface area contributed by atoms with Crippen molar-refractivity contribution in [2.45, 2.75) is 34.1 Å². The predicted octanol–water partition coefficient (Wildman–Crippen LogP) is 5.73. The lowest BCUT2D eigenvalue weighted by molar-refractivity contribution is 1.14. The number of aromatic nitrogens is 1. The Bertz CT molecular complexity index is 675. The van der Waals surface area contributed by atoms with Gasteiger partial charge >= 0.3 is 0 Å². The Morgan fingerprint density at radius 1 is 0.900 bits per heavy atom. The second-order valence-electron chi connectivity index (χ2n) is 4.78. The van der Waals surface area contributed by atoms with Gasteiger partial charge in [0.1, 0.15) is 0 Å². The first kappa shape index (κ1) is 14.4. The Morgan fingerprint density at radius 2 is 1.55 bits per heavy atom. The molecule has 0 saturated carbocycles. The molecule has 0 atom stereocenters. The maximum Gasteiger partial charge on any atom is 0.0457 e. The fourth-order valence-electron chi connectivity index (χ4n) is 2.37. The van der Waals surface area contributed by atoms with E-state index < -0.39 is 0 Å². The van der Waals surface area contributed by atoms with E-state index in [0.29, 0.717) is 0 Å². The molecule has 0 fully saturated rings. The van der Waals surface area contributed by atoms with E-state index in [9.17, 15) is 0 Å². The lowest BCUT2D eigenvalue weighted by Gasteiger charge is -2.04. The number of hydrogen-bond acceptors (Lipinski definition) is 0. The third-order valence-corrected chi connectivity index (χ3v) is 3.58. The number of benzene rings is 2. The minimum atomic E-state index is 1.09. The molecule has 104 valence electrons. The summed E-state index contributed by atoms with van der Waals surface area (Å²) >= 11 is 0. The Morgan fingerprint density at radius 3 is 2.20 bits per heavy atom. The first-order chi connectivity index (χ1) is 9.78. The van der Waals surface area contributed by atoms with Gasteiger partial charge in [-0.1, -0.05) is 51.1 Å². The van der Waals surface area contributed by atoms with Gasteiger partial charge in [-0.05, 0) is 47.7 Å². The first-order valence-corrected chi connectivity index (χ1v) is 7.45. The number of rotatable bonds is 2. The number of nitrogens with one attached hydrogen (secondary N) is 1. The second kappa shape index (κ2) is 6.42. The molecule has 0 bridgehead atoms. The molecule has 0 amide bonds. The zero-order valence-electron chi connectivity index (χ0n) is 12.8. The maximum atomic E-state index is 3.28. The first-order valence-electron chi connectivity index (χ1n) is 7.45. The number of fused-ring (bicyclic) bond motifs is 1. The summed E-state index contributed by atoms with van der Waals surface area (Å²) < 4.78 is 0. The van der Waals surface area contributed by atoms with Crippen LogP contribution in [0.15, 0.2) is 48.7 Å². The Kier molecular flexibility index (Phi) is 4.62. The van der Waals surface area contributed by atoms with Gasteiger partial charge in [0.25, 0.3) is 0 Å². The molecule has 0 aliphatic carbocycles. The van der Waals surface area contributed by atoms with Crippen LogP contribution in [0.2, 0.25) is 0 Å². The van der Waals surface area contributed by atoms with Gasteiger partial charge < -0.3 is 4.98 Å². The summed E-state index contributed by atoms with van der Waals surface area (Å²) in [6.45, 7) is 8.33. The van der Waals surface area contributed by atoms with E-state index in [0.717, 1.165) is 6.42 Å². The molecule has 20 heavy (non-hydrogen) atoms. The fraction of sp³-hybridized carbons (Fsp3) is 0.263. The lowest BCUT2D eigenvalue weighted by atomic mass is 10.0. The molecule has 0 aliphatic heterocycles. The summed E-state index contributed by atoms with van der Waals surface area (Å²) in [7, 11) is 0. The van der Waals surface area contributed by atoms with Gasteiger partial charge in [0.05, 0.1) is 0 Å². The van der Waals surface area contributed by atoms with Crippen LogP contribution in [0, 0.1) is 6.92 Å². The van der Waals surface area contributed by atoms with E-state index in [-0.39, 0.29) is 0 Å². The second-order valence-corrected chi connectivity index (χ2v) is 4.78. The molecule has 1 N–H and O–H groups in total. The SMILES string of the molecule is CC.CCc1ccc(-c2ccc3[nH]cc(C)c3c2)cc1. The molecule has 1 heteroatoms. The molecule has 3 rings (SSSR count). The van der Waals surface area contributed by atoms with Crippen molar-refractivity contribution in [3.05, 3.63) is 59.8 Å². The van der Waals surface area contributed by atoms with E-state index in [2.05, 4.69) is 67.5 Å². The molecular weight excluding hydrogens is 242 g/mol. The van der Waals surface area contributed by atoms with Crippen molar-refractivity contribution in [1.29, 1.82) is 0 Å². The number of aromatic amines is 1. The Balaban J connectivity index is 0.000000704. The van der Waals surface area contributed by atoms with Crippen molar-refractivity contribution < 1.29 is 0 Å². The summed E-state index contributed by atoms with van der Waals surface area (Å²) in [5, 5.41) is 1.31. The molecular formula is C19H23N. The van der Waals surface area contributed by atoms with Crippen LogP contribution in [-0.2, 0) is 6.42 Å². The van der Waals surface area contributed by atoms with Gasteiger partial charge in [-0.15, -0.1) is 0 Å². The molecule has 1 aromatic heterocycles. The highest BCUT2D eigenvalue weighted by Gasteiger charge is 2.03. The van der Waals surface area contributed by atoms with Gasteiger partial charge in [-0.3, -0.25) is 0 Å². The minimum absolute atomic E-state index is 1.09. The molecule has 0 spiro atoms. The summed E-state index contributed by atoms with van der Waals surface area (Å²) in [5.41, 5.74) is 6.47. The highest BCUT2D eigenvalue weighted by atomic mass is 14.7. The zero-order chi connectivity index (χ0) is 14.5. The average molecular weight is 265 g/mol. The van der Waals surface area contributed by atoms with Crippen LogP contribution in [0.25, 0.3) is 22.0 Å².